The van der Waals surface area contributed by atoms with Gasteiger partial charge in [0.25, 0.3) is 0 Å². The Morgan fingerprint density at radius 3 is 2.31 bits per heavy atom. The van der Waals surface area contributed by atoms with E-state index in [9.17, 15) is 0 Å². The molecule has 2 heterocycles. The zero-order chi connectivity index (χ0) is 17.8. The zero-order valence-electron chi connectivity index (χ0n) is 15.6. The van der Waals surface area contributed by atoms with Crippen molar-refractivity contribution >= 4 is 47.9 Å². The summed E-state index contributed by atoms with van der Waals surface area (Å²) in [6.07, 6.45) is 7.10. The maximum Gasteiger partial charge on any atom is 0.0736 e. The van der Waals surface area contributed by atoms with Crippen molar-refractivity contribution in [3.63, 3.8) is 0 Å². The third-order valence-electron chi connectivity index (χ3n) is 5.92. The van der Waals surface area contributed by atoms with Crippen LogP contribution in [0.2, 0.25) is 0 Å². The molecule has 0 bridgehead atoms. The van der Waals surface area contributed by atoms with Crippen molar-refractivity contribution in [3.05, 3.63) is 58.9 Å². The summed E-state index contributed by atoms with van der Waals surface area (Å²) in [5, 5.41) is 5.38. The van der Waals surface area contributed by atoms with Gasteiger partial charge in [-0.15, -0.1) is 11.3 Å². The Morgan fingerprint density at radius 1 is 0.846 bits per heavy atom. The molecule has 130 valence electrons. The van der Waals surface area contributed by atoms with Gasteiger partial charge in [0.2, 0.25) is 0 Å². The van der Waals surface area contributed by atoms with Gasteiger partial charge in [-0.2, -0.15) is 0 Å². The van der Waals surface area contributed by atoms with Crippen molar-refractivity contribution < 1.29 is 0 Å². The number of allylic oxidation sites excluding steroid dienone is 2. The molecule has 0 saturated heterocycles. The van der Waals surface area contributed by atoms with Gasteiger partial charge in [0, 0.05) is 31.8 Å². The topological polar surface area (TPSA) is 12.9 Å². The molecule has 1 nitrogen and oxygen atoms in total. The van der Waals surface area contributed by atoms with E-state index in [2.05, 4.69) is 51.1 Å². The van der Waals surface area contributed by atoms with Crippen LogP contribution in [0, 0.1) is 0 Å². The SMILES string of the molecule is CC(C)=C(C)c1nccc2cc3sc4cc5c(cc4c3cc12)CCCC5. The first-order chi connectivity index (χ1) is 12.6. The molecule has 2 heteroatoms. The van der Waals surface area contributed by atoms with Crippen LogP contribution in [0.5, 0.6) is 0 Å². The molecule has 0 fully saturated rings. The van der Waals surface area contributed by atoms with Crippen LogP contribution in [-0.4, -0.2) is 4.98 Å². The molecule has 0 atom stereocenters. The number of rotatable bonds is 1. The highest BCUT2D eigenvalue weighted by Gasteiger charge is 2.15. The maximum absolute atomic E-state index is 4.72. The van der Waals surface area contributed by atoms with E-state index in [1.54, 1.807) is 11.1 Å². The number of benzene rings is 2. The van der Waals surface area contributed by atoms with Crippen molar-refractivity contribution in [2.24, 2.45) is 0 Å². The van der Waals surface area contributed by atoms with Gasteiger partial charge in [0.15, 0.2) is 0 Å². The number of hydrogen-bond donors (Lipinski definition) is 0. The number of fused-ring (bicyclic) bond motifs is 5. The van der Waals surface area contributed by atoms with Crippen LogP contribution in [0.25, 0.3) is 36.5 Å². The summed E-state index contributed by atoms with van der Waals surface area (Å²) in [6, 6.07) is 11.8. The molecule has 0 radical (unpaired) electrons. The number of aryl methyl sites for hydroxylation is 2. The predicted molar refractivity (Wildman–Crippen MR) is 115 cm³/mol. The molecule has 0 unspecified atom stereocenters. The normalized spacial score (nSPS) is 14.1. The van der Waals surface area contributed by atoms with Crippen LogP contribution in [0.4, 0.5) is 0 Å². The lowest BCUT2D eigenvalue weighted by Crippen LogP contribution is -2.01. The summed E-state index contributed by atoms with van der Waals surface area (Å²) in [5.41, 5.74) is 6.88. The molecular formula is C24H23NS. The molecule has 2 aromatic carbocycles. The van der Waals surface area contributed by atoms with E-state index in [1.807, 2.05) is 17.5 Å². The van der Waals surface area contributed by atoms with Crippen molar-refractivity contribution in [1.82, 2.24) is 4.98 Å². The standard InChI is InChI=1S/C24H23NS/c1-14(2)15(3)24-19-13-21-20-10-16-6-4-5-7-17(16)11-22(20)26-23(21)12-18(19)8-9-25-24/h8-13H,4-7H2,1-3H3. The highest BCUT2D eigenvalue weighted by Crippen LogP contribution is 2.40. The first kappa shape index (κ1) is 16.0. The molecular weight excluding hydrogens is 334 g/mol. The van der Waals surface area contributed by atoms with Crippen LogP contribution < -0.4 is 0 Å². The van der Waals surface area contributed by atoms with Crippen LogP contribution in [-0.2, 0) is 12.8 Å². The quantitative estimate of drug-likeness (QED) is 0.348. The monoisotopic (exact) mass is 357 g/mol. The molecule has 26 heavy (non-hydrogen) atoms. The van der Waals surface area contributed by atoms with Crippen LogP contribution in [0.3, 0.4) is 0 Å². The lowest BCUT2D eigenvalue weighted by molar-refractivity contribution is 0.687. The van der Waals surface area contributed by atoms with E-state index in [0.717, 1.165) is 5.69 Å². The van der Waals surface area contributed by atoms with Gasteiger partial charge in [-0.3, -0.25) is 4.98 Å². The number of thiophene rings is 1. The first-order valence-electron chi connectivity index (χ1n) is 9.53. The molecule has 1 aliphatic carbocycles. The molecule has 0 N–H and O–H groups in total. The molecule has 0 spiro atoms. The Hall–Kier alpha value is -2.19. The first-order valence-corrected chi connectivity index (χ1v) is 10.3. The second-order valence-electron chi connectivity index (χ2n) is 7.78. The zero-order valence-corrected chi connectivity index (χ0v) is 16.5. The highest BCUT2D eigenvalue weighted by atomic mass is 32.1. The Balaban J connectivity index is 1.86. The molecule has 0 amide bonds. The average Bonchev–Trinajstić information content (AvgIpc) is 2.99. The number of aromatic nitrogens is 1. The largest absolute Gasteiger partial charge is 0.256 e. The third-order valence-corrected chi connectivity index (χ3v) is 7.04. The third kappa shape index (κ3) is 2.39. The Morgan fingerprint density at radius 2 is 1.54 bits per heavy atom. The van der Waals surface area contributed by atoms with E-state index >= 15 is 0 Å². The minimum atomic E-state index is 1.13. The van der Waals surface area contributed by atoms with E-state index < -0.39 is 0 Å². The summed E-state index contributed by atoms with van der Waals surface area (Å²) in [6.45, 7) is 6.52. The Bertz CT molecular complexity index is 1210. The fraction of sp³-hybridized carbons (Fsp3) is 0.292. The Kier molecular flexibility index (Phi) is 3.65. The minimum absolute atomic E-state index is 1.13. The number of pyridine rings is 1. The summed E-state index contributed by atoms with van der Waals surface area (Å²) in [7, 11) is 0. The van der Waals surface area contributed by atoms with Gasteiger partial charge < -0.3 is 0 Å². The fourth-order valence-electron chi connectivity index (χ4n) is 4.21. The van der Waals surface area contributed by atoms with Gasteiger partial charge in [-0.25, -0.2) is 0 Å². The molecule has 0 aliphatic heterocycles. The summed E-state index contributed by atoms with van der Waals surface area (Å²) in [5.74, 6) is 0. The average molecular weight is 358 g/mol. The van der Waals surface area contributed by atoms with Gasteiger partial charge in [-0.05, 0) is 98.9 Å². The molecule has 4 aromatic rings. The highest BCUT2D eigenvalue weighted by molar-refractivity contribution is 7.25. The molecule has 1 aliphatic rings. The van der Waals surface area contributed by atoms with Gasteiger partial charge >= 0.3 is 0 Å². The van der Waals surface area contributed by atoms with Gasteiger partial charge in [0.1, 0.15) is 0 Å². The summed E-state index contributed by atoms with van der Waals surface area (Å²) < 4.78 is 2.83. The van der Waals surface area contributed by atoms with E-state index in [4.69, 9.17) is 4.98 Å². The van der Waals surface area contributed by atoms with Crippen molar-refractivity contribution in [3.8, 4) is 0 Å². The van der Waals surface area contributed by atoms with Crippen LogP contribution >= 0.6 is 11.3 Å². The molecule has 0 saturated carbocycles. The van der Waals surface area contributed by atoms with E-state index in [1.165, 1.54) is 67.8 Å². The number of hydrogen-bond acceptors (Lipinski definition) is 2. The molecule has 5 rings (SSSR count). The van der Waals surface area contributed by atoms with Gasteiger partial charge in [0.05, 0.1) is 5.69 Å². The Labute approximate surface area is 158 Å². The second-order valence-corrected chi connectivity index (χ2v) is 8.86. The lowest BCUT2D eigenvalue weighted by atomic mass is 9.90. The predicted octanol–water partition coefficient (Wildman–Crippen LogP) is 7.29. The smallest absolute Gasteiger partial charge is 0.0736 e. The maximum atomic E-state index is 4.72. The molecule has 2 aromatic heterocycles. The lowest BCUT2D eigenvalue weighted by Gasteiger charge is -2.15. The van der Waals surface area contributed by atoms with Gasteiger partial charge in [-0.1, -0.05) is 5.57 Å². The van der Waals surface area contributed by atoms with Crippen molar-refractivity contribution in [1.29, 1.82) is 0 Å². The van der Waals surface area contributed by atoms with E-state index in [0.29, 0.717) is 0 Å². The number of nitrogens with zero attached hydrogens (tertiary/aromatic N) is 1. The van der Waals surface area contributed by atoms with E-state index in [-0.39, 0.29) is 0 Å². The van der Waals surface area contributed by atoms with Crippen LogP contribution in [0.1, 0.15) is 50.4 Å². The van der Waals surface area contributed by atoms with Crippen molar-refractivity contribution in [2.45, 2.75) is 46.5 Å². The summed E-state index contributed by atoms with van der Waals surface area (Å²) >= 11 is 1.94. The fourth-order valence-corrected chi connectivity index (χ4v) is 5.39. The van der Waals surface area contributed by atoms with Crippen LogP contribution in [0.15, 0.2) is 42.1 Å². The van der Waals surface area contributed by atoms with Crippen molar-refractivity contribution in [2.75, 3.05) is 0 Å². The summed E-state index contributed by atoms with van der Waals surface area (Å²) in [4.78, 5) is 4.72. The minimum Gasteiger partial charge on any atom is -0.256 e. The second kappa shape index (κ2) is 5.92.